The molecule has 0 spiro atoms. The zero-order valence-electron chi connectivity index (χ0n) is 8.47. The van der Waals surface area contributed by atoms with E-state index in [1.54, 1.807) is 19.1 Å². The van der Waals surface area contributed by atoms with Gasteiger partial charge in [0.1, 0.15) is 4.48 Å². The number of esters is 1. The molecule has 5 heteroatoms. The van der Waals surface area contributed by atoms with E-state index in [-0.39, 0.29) is 0 Å². The van der Waals surface area contributed by atoms with Crippen molar-refractivity contribution in [3.63, 3.8) is 0 Å². The highest BCUT2D eigenvalue weighted by atomic mass is 79.9. The molecular weight excluding hydrogens is 359 g/mol. The molecule has 0 N–H and O–H groups in total. The van der Waals surface area contributed by atoms with Crippen molar-refractivity contribution in [1.29, 1.82) is 0 Å². The van der Waals surface area contributed by atoms with Crippen LogP contribution in [0.15, 0.2) is 28.7 Å². The molecular formula is C11H9Br2ClO2. The molecule has 0 fully saturated rings. The second kappa shape index (κ2) is 6.42. The zero-order valence-corrected chi connectivity index (χ0v) is 12.4. The van der Waals surface area contributed by atoms with Crippen LogP contribution >= 0.6 is 43.5 Å². The molecule has 16 heavy (non-hydrogen) atoms. The minimum Gasteiger partial charge on any atom is -0.462 e. The fraction of sp³-hybridized carbons (Fsp3) is 0.182. The van der Waals surface area contributed by atoms with Crippen LogP contribution in [0.4, 0.5) is 0 Å². The van der Waals surface area contributed by atoms with Crippen molar-refractivity contribution in [3.05, 3.63) is 39.3 Å². The maximum Gasteiger partial charge on any atom is 0.346 e. The molecule has 0 saturated carbocycles. The minimum atomic E-state index is -0.399. The standard InChI is InChI=1S/C11H9Br2ClO2/c1-2-16-11(15)10(13)9(12)7-3-5-8(14)6-4-7/h3-6H,2H2,1H3. The molecule has 2 nitrogen and oxygen atoms in total. The van der Waals surface area contributed by atoms with E-state index in [1.165, 1.54) is 0 Å². The first-order valence-electron chi connectivity index (χ1n) is 4.54. The molecule has 0 aromatic heterocycles. The molecule has 0 aliphatic rings. The Morgan fingerprint density at radius 1 is 1.31 bits per heavy atom. The number of rotatable bonds is 3. The number of carbonyl (C=O) groups excluding carboxylic acids is 1. The fourth-order valence-corrected chi connectivity index (χ4v) is 1.90. The summed E-state index contributed by atoms with van der Waals surface area (Å²) in [5.74, 6) is -0.399. The Morgan fingerprint density at radius 2 is 1.88 bits per heavy atom. The van der Waals surface area contributed by atoms with Crippen molar-refractivity contribution in [2.24, 2.45) is 0 Å². The predicted molar refractivity (Wildman–Crippen MR) is 72.9 cm³/mol. The summed E-state index contributed by atoms with van der Waals surface area (Å²) in [6.07, 6.45) is 0. The summed E-state index contributed by atoms with van der Waals surface area (Å²) in [6, 6.07) is 7.13. The number of ether oxygens (including phenoxy) is 1. The SMILES string of the molecule is CCOC(=O)C(Br)=C(Br)c1ccc(Cl)cc1. The van der Waals surface area contributed by atoms with E-state index in [9.17, 15) is 4.79 Å². The first-order valence-corrected chi connectivity index (χ1v) is 6.51. The molecule has 0 unspecified atom stereocenters. The van der Waals surface area contributed by atoms with Crippen LogP contribution in [0, 0.1) is 0 Å². The molecule has 0 saturated heterocycles. The Bertz CT molecular complexity index is 412. The summed E-state index contributed by atoms with van der Waals surface area (Å²) in [5.41, 5.74) is 0.851. The lowest BCUT2D eigenvalue weighted by Gasteiger charge is -2.04. The lowest BCUT2D eigenvalue weighted by atomic mass is 10.2. The number of halogens is 3. The van der Waals surface area contributed by atoms with Crippen LogP contribution in [0.25, 0.3) is 4.48 Å². The smallest absolute Gasteiger partial charge is 0.346 e. The van der Waals surface area contributed by atoms with E-state index in [0.29, 0.717) is 20.6 Å². The average Bonchev–Trinajstić information content (AvgIpc) is 2.28. The lowest BCUT2D eigenvalue weighted by Crippen LogP contribution is -2.04. The number of hydrogen-bond donors (Lipinski definition) is 0. The van der Waals surface area contributed by atoms with Crippen molar-refractivity contribution in [2.45, 2.75) is 6.92 Å². The van der Waals surface area contributed by atoms with Crippen molar-refractivity contribution in [2.75, 3.05) is 6.61 Å². The highest BCUT2D eigenvalue weighted by molar-refractivity contribution is 9.16. The Labute approximate surface area is 116 Å². The van der Waals surface area contributed by atoms with Crippen LogP contribution in [-0.4, -0.2) is 12.6 Å². The summed E-state index contributed by atoms with van der Waals surface area (Å²) < 4.78 is 5.87. The Kier molecular flexibility index (Phi) is 5.52. The van der Waals surface area contributed by atoms with Gasteiger partial charge in [0.05, 0.1) is 6.61 Å². The van der Waals surface area contributed by atoms with Gasteiger partial charge in [-0.1, -0.05) is 23.7 Å². The number of carbonyl (C=O) groups is 1. The van der Waals surface area contributed by atoms with Gasteiger partial charge in [-0.3, -0.25) is 0 Å². The van der Waals surface area contributed by atoms with Crippen LogP contribution < -0.4 is 0 Å². The van der Waals surface area contributed by atoms with Crippen LogP contribution in [0.3, 0.4) is 0 Å². The van der Waals surface area contributed by atoms with Gasteiger partial charge in [0.25, 0.3) is 0 Å². The van der Waals surface area contributed by atoms with Gasteiger partial charge in [-0.25, -0.2) is 4.79 Å². The Hall–Kier alpha value is -0.320. The third-order valence-electron chi connectivity index (χ3n) is 1.75. The highest BCUT2D eigenvalue weighted by Gasteiger charge is 2.13. The van der Waals surface area contributed by atoms with E-state index < -0.39 is 5.97 Å². The fourth-order valence-electron chi connectivity index (χ4n) is 1.01. The molecule has 0 aliphatic carbocycles. The van der Waals surface area contributed by atoms with E-state index in [0.717, 1.165) is 5.56 Å². The molecule has 0 bridgehead atoms. The molecule has 0 radical (unpaired) electrons. The van der Waals surface area contributed by atoms with Crippen LogP contribution in [0.1, 0.15) is 12.5 Å². The summed E-state index contributed by atoms with van der Waals surface area (Å²) >= 11 is 12.3. The summed E-state index contributed by atoms with van der Waals surface area (Å²) in [6.45, 7) is 2.10. The Morgan fingerprint density at radius 3 is 2.38 bits per heavy atom. The van der Waals surface area contributed by atoms with Crippen molar-refractivity contribution >= 4 is 53.9 Å². The minimum absolute atomic E-state index is 0.342. The molecule has 1 aromatic carbocycles. The van der Waals surface area contributed by atoms with E-state index in [2.05, 4.69) is 31.9 Å². The van der Waals surface area contributed by atoms with Gasteiger partial charge < -0.3 is 4.74 Å². The van der Waals surface area contributed by atoms with Crippen LogP contribution in [0.5, 0.6) is 0 Å². The van der Waals surface area contributed by atoms with E-state index in [1.807, 2.05) is 12.1 Å². The van der Waals surface area contributed by atoms with Crippen molar-refractivity contribution in [1.82, 2.24) is 0 Å². The van der Waals surface area contributed by atoms with Crippen LogP contribution in [0.2, 0.25) is 5.02 Å². The van der Waals surface area contributed by atoms with Crippen molar-refractivity contribution in [3.8, 4) is 0 Å². The number of benzene rings is 1. The lowest BCUT2D eigenvalue weighted by molar-refractivity contribution is -0.137. The highest BCUT2D eigenvalue weighted by Crippen LogP contribution is 2.30. The second-order valence-electron chi connectivity index (χ2n) is 2.86. The summed E-state index contributed by atoms with van der Waals surface area (Å²) in [5, 5.41) is 0.649. The first-order chi connectivity index (χ1) is 7.56. The molecule has 86 valence electrons. The van der Waals surface area contributed by atoms with Gasteiger partial charge in [-0.2, -0.15) is 0 Å². The average molecular weight is 368 g/mol. The zero-order chi connectivity index (χ0) is 12.1. The van der Waals surface area contributed by atoms with Gasteiger partial charge in [0.15, 0.2) is 0 Å². The van der Waals surface area contributed by atoms with E-state index in [4.69, 9.17) is 16.3 Å². The third kappa shape index (κ3) is 3.61. The van der Waals surface area contributed by atoms with Crippen molar-refractivity contribution < 1.29 is 9.53 Å². The number of hydrogen-bond acceptors (Lipinski definition) is 2. The summed E-state index contributed by atoms with van der Waals surface area (Å²) in [7, 11) is 0. The van der Waals surface area contributed by atoms with Gasteiger partial charge in [-0.05, 0) is 56.5 Å². The van der Waals surface area contributed by atoms with Gasteiger partial charge in [0.2, 0.25) is 0 Å². The summed E-state index contributed by atoms with van der Waals surface area (Å²) in [4.78, 5) is 11.4. The normalized spacial score (nSPS) is 12.0. The third-order valence-corrected chi connectivity index (χ3v) is 4.10. The van der Waals surface area contributed by atoms with Gasteiger partial charge in [0, 0.05) is 9.51 Å². The van der Waals surface area contributed by atoms with E-state index >= 15 is 0 Å². The molecule has 0 heterocycles. The monoisotopic (exact) mass is 366 g/mol. The largest absolute Gasteiger partial charge is 0.462 e. The molecule has 1 aromatic rings. The predicted octanol–water partition coefficient (Wildman–Crippen LogP) is 4.36. The molecule has 0 atom stereocenters. The maximum atomic E-state index is 11.4. The van der Waals surface area contributed by atoms with Gasteiger partial charge >= 0.3 is 5.97 Å². The topological polar surface area (TPSA) is 26.3 Å². The molecule has 1 rings (SSSR count). The Balaban J connectivity index is 2.99. The van der Waals surface area contributed by atoms with Crippen LogP contribution in [-0.2, 0) is 9.53 Å². The van der Waals surface area contributed by atoms with Gasteiger partial charge in [-0.15, -0.1) is 0 Å². The molecule has 0 aliphatic heterocycles. The maximum absolute atomic E-state index is 11.4. The second-order valence-corrected chi connectivity index (χ2v) is 4.88. The quantitative estimate of drug-likeness (QED) is 0.585. The molecule has 0 amide bonds. The first kappa shape index (κ1) is 13.7.